The maximum atomic E-state index is 13.4. The second kappa shape index (κ2) is 1.70. The lowest BCUT2D eigenvalue weighted by atomic mass is 9.73. The van der Waals surface area contributed by atoms with E-state index in [-0.39, 0.29) is 11.6 Å². The molecule has 0 aliphatic heterocycles. The SMILES string of the molecule is FC1(F)c2[nH]ncc2C2CCC21. The first-order valence-electron chi connectivity index (χ1n) is 4.13. The smallest absolute Gasteiger partial charge is 0.276 e. The Morgan fingerprint density at radius 3 is 3.00 bits per heavy atom. The molecule has 2 aliphatic rings. The normalized spacial score (nSPS) is 35.5. The molecular formula is C8H8F2N2. The highest BCUT2D eigenvalue weighted by atomic mass is 19.3. The van der Waals surface area contributed by atoms with Crippen LogP contribution in [-0.4, -0.2) is 10.2 Å². The van der Waals surface area contributed by atoms with Gasteiger partial charge < -0.3 is 0 Å². The quantitative estimate of drug-likeness (QED) is 0.633. The highest BCUT2D eigenvalue weighted by Crippen LogP contribution is 2.61. The van der Waals surface area contributed by atoms with Crippen molar-refractivity contribution in [2.24, 2.45) is 5.92 Å². The molecule has 0 saturated heterocycles. The van der Waals surface area contributed by atoms with Crippen molar-refractivity contribution in [3.8, 4) is 0 Å². The van der Waals surface area contributed by atoms with Gasteiger partial charge in [-0.3, -0.25) is 5.10 Å². The van der Waals surface area contributed by atoms with Crippen molar-refractivity contribution >= 4 is 0 Å². The molecular weight excluding hydrogens is 162 g/mol. The summed E-state index contributed by atoms with van der Waals surface area (Å²) in [6.07, 6.45) is 3.10. The maximum Gasteiger partial charge on any atom is 0.292 e. The van der Waals surface area contributed by atoms with Gasteiger partial charge in [-0.1, -0.05) is 0 Å². The van der Waals surface area contributed by atoms with Crippen LogP contribution >= 0.6 is 0 Å². The summed E-state index contributed by atoms with van der Waals surface area (Å²) in [6.45, 7) is 0. The Kier molecular flexibility index (Phi) is 0.931. The van der Waals surface area contributed by atoms with Crippen LogP contribution in [0.1, 0.15) is 30.0 Å². The molecule has 2 nitrogen and oxygen atoms in total. The zero-order valence-electron chi connectivity index (χ0n) is 6.35. The van der Waals surface area contributed by atoms with E-state index in [9.17, 15) is 8.78 Å². The van der Waals surface area contributed by atoms with E-state index in [4.69, 9.17) is 0 Å². The summed E-state index contributed by atoms with van der Waals surface area (Å²) in [5, 5.41) is 6.06. The second-order valence-electron chi connectivity index (χ2n) is 3.61. The zero-order chi connectivity index (χ0) is 8.34. The van der Waals surface area contributed by atoms with Crippen LogP contribution < -0.4 is 0 Å². The summed E-state index contributed by atoms with van der Waals surface area (Å²) in [4.78, 5) is 0. The van der Waals surface area contributed by atoms with E-state index in [0.29, 0.717) is 6.42 Å². The fraction of sp³-hybridized carbons (Fsp3) is 0.625. The number of nitrogens with zero attached hydrogens (tertiary/aromatic N) is 1. The van der Waals surface area contributed by atoms with Crippen LogP contribution in [0.2, 0.25) is 0 Å². The third-order valence-electron chi connectivity index (χ3n) is 3.14. The molecule has 2 aliphatic carbocycles. The first kappa shape index (κ1) is 6.57. The second-order valence-corrected chi connectivity index (χ2v) is 3.61. The van der Waals surface area contributed by atoms with Crippen molar-refractivity contribution in [1.29, 1.82) is 0 Å². The largest absolute Gasteiger partial charge is 0.292 e. The van der Waals surface area contributed by atoms with Gasteiger partial charge in [0, 0.05) is 11.5 Å². The van der Waals surface area contributed by atoms with Gasteiger partial charge in [-0.05, 0) is 18.8 Å². The van der Waals surface area contributed by atoms with Crippen molar-refractivity contribution < 1.29 is 8.78 Å². The van der Waals surface area contributed by atoms with Gasteiger partial charge in [-0.15, -0.1) is 0 Å². The Bertz CT molecular complexity index is 332. The molecule has 1 N–H and O–H groups in total. The van der Waals surface area contributed by atoms with Crippen molar-refractivity contribution in [2.45, 2.75) is 24.7 Å². The predicted octanol–water partition coefficient (Wildman–Crippen LogP) is 2.01. The van der Waals surface area contributed by atoms with E-state index < -0.39 is 11.8 Å². The molecule has 12 heavy (non-hydrogen) atoms. The lowest BCUT2D eigenvalue weighted by Crippen LogP contribution is -2.30. The van der Waals surface area contributed by atoms with Crippen LogP contribution in [-0.2, 0) is 5.92 Å². The Morgan fingerprint density at radius 1 is 1.50 bits per heavy atom. The van der Waals surface area contributed by atoms with E-state index in [0.717, 1.165) is 12.0 Å². The van der Waals surface area contributed by atoms with Gasteiger partial charge in [-0.2, -0.15) is 13.9 Å². The van der Waals surface area contributed by atoms with Gasteiger partial charge >= 0.3 is 0 Å². The zero-order valence-corrected chi connectivity index (χ0v) is 6.35. The minimum absolute atomic E-state index is 0.0648. The molecule has 1 saturated carbocycles. The Labute approximate surface area is 68.0 Å². The molecule has 1 heterocycles. The number of aromatic amines is 1. The Hall–Kier alpha value is -0.930. The van der Waals surface area contributed by atoms with Crippen LogP contribution in [0.25, 0.3) is 0 Å². The fourth-order valence-electron chi connectivity index (χ4n) is 2.34. The average molecular weight is 170 g/mol. The molecule has 0 radical (unpaired) electrons. The Morgan fingerprint density at radius 2 is 2.33 bits per heavy atom. The van der Waals surface area contributed by atoms with Crippen LogP contribution in [0.15, 0.2) is 6.20 Å². The molecule has 2 atom stereocenters. The summed E-state index contributed by atoms with van der Waals surface area (Å²) in [7, 11) is 0. The topological polar surface area (TPSA) is 28.7 Å². The molecule has 0 spiro atoms. The summed E-state index contributed by atoms with van der Waals surface area (Å²) in [5.74, 6) is -3.01. The summed E-state index contributed by atoms with van der Waals surface area (Å²) < 4.78 is 26.8. The number of hydrogen-bond acceptors (Lipinski definition) is 1. The molecule has 2 unspecified atom stereocenters. The fourth-order valence-corrected chi connectivity index (χ4v) is 2.34. The van der Waals surface area contributed by atoms with Gasteiger partial charge in [-0.25, -0.2) is 0 Å². The molecule has 0 amide bonds. The highest BCUT2D eigenvalue weighted by Gasteiger charge is 2.59. The van der Waals surface area contributed by atoms with E-state index >= 15 is 0 Å². The number of halogens is 2. The first-order chi connectivity index (χ1) is 5.71. The number of H-pyrrole nitrogens is 1. The van der Waals surface area contributed by atoms with Gasteiger partial charge in [0.2, 0.25) is 0 Å². The lowest BCUT2D eigenvalue weighted by molar-refractivity contribution is -0.0905. The lowest BCUT2D eigenvalue weighted by Gasteiger charge is -2.33. The molecule has 0 bridgehead atoms. The minimum atomic E-state index is -2.64. The van der Waals surface area contributed by atoms with Gasteiger partial charge in [0.05, 0.1) is 6.20 Å². The van der Waals surface area contributed by atoms with Crippen molar-refractivity contribution in [3.63, 3.8) is 0 Å². The predicted molar refractivity (Wildman–Crippen MR) is 37.9 cm³/mol. The average Bonchev–Trinajstić information content (AvgIpc) is 2.35. The van der Waals surface area contributed by atoms with Crippen molar-refractivity contribution in [1.82, 2.24) is 10.2 Å². The van der Waals surface area contributed by atoms with E-state index in [1.165, 1.54) is 0 Å². The van der Waals surface area contributed by atoms with Crippen molar-refractivity contribution in [3.05, 3.63) is 17.5 Å². The Balaban J connectivity index is 2.20. The van der Waals surface area contributed by atoms with E-state index in [1.807, 2.05) is 0 Å². The molecule has 0 aromatic carbocycles. The van der Waals surface area contributed by atoms with Crippen molar-refractivity contribution in [2.75, 3.05) is 0 Å². The highest BCUT2D eigenvalue weighted by molar-refractivity contribution is 5.36. The van der Waals surface area contributed by atoms with E-state index in [1.54, 1.807) is 6.20 Å². The van der Waals surface area contributed by atoms with Crippen LogP contribution in [0.3, 0.4) is 0 Å². The third-order valence-corrected chi connectivity index (χ3v) is 3.14. The van der Waals surface area contributed by atoms with Gasteiger partial charge in [0.1, 0.15) is 5.69 Å². The molecule has 1 aromatic heterocycles. The van der Waals surface area contributed by atoms with Crippen LogP contribution in [0, 0.1) is 5.92 Å². The summed E-state index contributed by atoms with van der Waals surface area (Å²) in [5.41, 5.74) is 0.811. The molecule has 1 fully saturated rings. The third kappa shape index (κ3) is 0.509. The molecule has 64 valence electrons. The number of fused-ring (bicyclic) bond motifs is 3. The number of hydrogen-bond donors (Lipinski definition) is 1. The monoisotopic (exact) mass is 170 g/mol. The number of nitrogens with one attached hydrogen (secondary N) is 1. The summed E-state index contributed by atoms with van der Waals surface area (Å²) >= 11 is 0. The van der Waals surface area contributed by atoms with Gasteiger partial charge in [0.25, 0.3) is 5.92 Å². The van der Waals surface area contributed by atoms with Crippen LogP contribution in [0.4, 0.5) is 8.78 Å². The first-order valence-corrected chi connectivity index (χ1v) is 4.13. The standard InChI is InChI=1S/C8H8F2N2/c9-8(10)6-2-1-4(6)5-3-11-12-7(5)8/h3-4,6H,1-2H2,(H,11,12). The maximum absolute atomic E-state index is 13.4. The number of rotatable bonds is 0. The van der Waals surface area contributed by atoms with Crippen LogP contribution in [0.5, 0.6) is 0 Å². The minimum Gasteiger partial charge on any atom is -0.276 e. The molecule has 1 aromatic rings. The number of aromatic nitrogens is 2. The molecule has 3 rings (SSSR count). The molecule has 4 heteroatoms. The summed E-state index contributed by atoms with van der Waals surface area (Å²) in [6, 6.07) is 0. The van der Waals surface area contributed by atoms with Gasteiger partial charge in [0.15, 0.2) is 0 Å². The van der Waals surface area contributed by atoms with E-state index in [2.05, 4.69) is 10.2 Å². The number of alkyl halides is 2.